The largest absolute Gasteiger partial charge is 0.385 e. The number of Topliss-reactive ketones (excluding diaryl/α,β-unsaturated/α-hetero) is 1. The van der Waals surface area contributed by atoms with Crippen molar-refractivity contribution in [2.75, 3.05) is 27.6 Å². The number of allylic oxidation sites excluding steroid dienone is 2. The molecular formula is C18H22O4. The summed E-state index contributed by atoms with van der Waals surface area (Å²) in [5.41, 5.74) is -0.0662. The molecule has 2 atom stereocenters. The quantitative estimate of drug-likeness (QED) is 0.547. The number of benzene rings is 1. The van der Waals surface area contributed by atoms with E-state index >= 15 is 0 Å². The lowest BCUT2D eigenvalue weighted by atomic mass is 9.77. The summed E-state index contributed by atoms with van der Waals surface area (Å²) < 4.78 is 16.2. The van der Waals surface area contributed by atoms with Gasteiger partial charge < -0.3 is 14.2 Å². The number of ether oxygens (including phenoxy) is 3. The molecule has 0 aliphatic heterocycles. The van der Waals surface area contributed by atoms with Gasteiger partial charge in [0.1, 0.15) is 12.4 Å². The van der Waals surface area contributed by atoms with Crippen molar-refractivity contribution in [1.82, 2.24) is 0 Å². The predicted molar refractivity (Wildman–Crippen MR) is 84.7 cm³/mol. The van der Waals surface area contributed by atoms with Crippen molar-refractivity contribution in [2.45, 2.75) is 12.0 Å². The lowest BCUT2D eigenvalue weighted by molar-refractivity contribution is -0.127. The average Bonchev–Trinajstić information content (AvgIpc) is 2.59. The molecule has 118 valence electrons. The van der Waals surface area contributed by atoms with Gasteiger partial charge in [-0.05, 0) is 0 Å². The Hall–Kier alpha value is -1.75. The first-order valence-corrected chi connectivity index (χ1v) is 7.30. The fourth-order valence-electron chi connectivity index (χ4n) is 2.63. The molecule has 2 unspecified atom stereocenters. The van der Waals surface area contributed by atoms with Gasteiger partial charge >= 0.3 is 0 Å². The number of carbonyl (C=O) groups is 1. The maximum atomic E-state index is 12.9. The average molecular weight is 302 g/mol. The van der Waals surface area contributed by atoms with Crippen molar-refractivity contribution in [1.29, 1.82) is 0 Å². The summed E-state index contributed by atoms with van der Waals surface area (Å²) in [6, 6.07) is 9.27. The van der Waals surface area contributed by atoms with Gasteiger partial charge in [-0.15, -0.1) is 0 Å². The number of rotatable bonds is 8. The molecule has 2 rings (SSSR count). The second-order valence-electron chi connectivity index (χ2n) is 5.20. The SMILES string of the molecule is COCCC1(OCOC)C=CC=CC1C(=O)c1ccccc1. The van der Waals surface area contributed by atoms with E-state index in [-0.39, 0.29) is 12.6 Å². The molecule has 0 fully saturated rings. The minimum absolute atomic E-state index is 0.0356. The van der Waals surface area contributed by atoms with Crippen LogP contribution in [0.3, 0.4) is 0 Å². The summed E-state index contributed by atoms with van der Waals surface area (Å²) in [7, 11) is 3.21. The summed E-state index contributed by atoms with van der Waals surface area (Å²) in [5, 5.41) is 0. The summed E-state index contributed by atoms with van der Waals surface area (Å²) in [5.74, 6) is -0.362. The molecule has 0 amide bonds. The van der Waals surface area contributed by atoms with Crippen LogP contribution in [-0.2, 0) is 14.2 Å². The van der Waals surface area contributed by atoms with E-state index in [9.17, 15) is 4.79 Å². The highest BCUT2D eigenvalue weighted by molar-refractivity contribution is 6.00. The van der Waals surface area contributed by atoms with E-state index in [2.05, 4.69) is 0 Å². The highest BCUT2D eigenvalue weighted by atomic mass is 16.7. The molecule has 0 saturated carbocycles. The van der Waals surface area contributed by atoms with Gasteiger partial charge in [-0.3, -0.25) is 4.79 Å². The number of hydrogen-bond acceptors (Lipinski definition) is 4. The Labute approximate surface area is 131 Å². The molecule has 0 aromatic heterocycles. The first kappa shape index (κ1) is 16.6. The fourth-order valence-corrected chi connectivity index (χ4v) is 2.63. The third-order valence-electron chi connectivity index (χ3n) is 3.80. The molecule has 1 aliphatic carbocycles. The number of ketones is 1. The van der Waals surface area contributed by atoms with E-state index in [0.29, 0.717) is 18.6 Å². The van der Waals surface area contributed by atoms with Crippen LogP contribution in [0.4, 0.5) is 0 Å². The Morgan fingerprint density at radius 1 is 1.14 bits per heavy atom. The van der Waals surface area contributed by atoms with E-state index in [4.69, 9.17) is 14.2 Å². The lowest BCUT2D eigenvalue weighted by Gasteiger charge is -2.37. The molecule has 1 aliphatic rings. The standard InChI is InChI=1S/C18H22O4/c1-20-13-12-18(22-14-21-2)11-7-6-10-16(18)17(19)15-8-4-3-5-9-15/h3-11,16H,12-14H2,1-2H3. The molecule has 1 aromatic carbocycles. The van der Waals surface area contributed by atoms with E-state index in [0.717, 1.165) is 0 Å². The first-order chi connectivity index (χ1) is 10.7. The van der Waals surface area contributed by atoms with Crippen molar-refractivity contribution < 1.29 is 19.0 Å². The predicted octanol–water partition coefficient (Wildman–Crippen LogP) is 3.01. The van der Waals surface area contributed by atoms with Gasteiger partial charge in [0.05, 0.1) is 5.92 Å². The molecule has 1 aromatic rings. The van der Waals surface area contributed by atoms with Crippen LogP contribution in [-0.4, -0.2) is 39.0 Å². The molecule has 0 saturated heterocycles. The maximum Gasteiger partial charge on any atom is 0.172 e. The van der Waals surface area contributed by atoms with Crippen molar-refractivity contribution in [2.24, 2.45) is 5.92 Å². The van der Waals surface area contributed by atoms with E-state index in [1.54, 1.807) is 14.2 Å². The zero-order valence-electron chi connectivity index (χ0n) is 13.0. The molecule has 22 heavy (non-hydrogen) atoms. The van der Waals surface area contributed by atoms with Crippen LogP contribution < -0.4 is 0 Å². The third-order valence-corrected chi connectivity index (χ3v) is 3.80. The summed E-state index contributed by atoms with van der Waals surface area (Å²) in [4.78, 5) is 12.9. The molecule has 0 radical (unpaired) electrons. The number of carbonyl (C=O) groups excluding carboxylic acids is 1. The zero-order chi connectivity index (χ0) is 15.8. The normalized spacial score (nSPS) is 23.6. The number of methoxy groups -OCH3 is 2. The lowest BCUT2D eigenvalue weighted by Crippen LogP contribution is -2.44. The molecular weight excluding hydrogens is 280 g/mol. The van der Waals surface area contributed by atoms with E-state index in [1.807, 2.05) is 54.6 Å². The van der Waals surface area contributed by atoms with Gasteiger partial charge in [0.2, 0.25) is 0 Å². The molecule has 4 heteroatoms. The van der Waals surface area contributed by atoms with Gasteiger partial charge in [0.25, 0.3) is 0 Å². The van der Waals surface area contributed by atoms with Crippen molar-refractivity contribution >= 4 is 5.78 Å². The first-order valence-electron chi connectivity index (χ1n) is 7.30. The Kier molecular flexibility index (Phi) is 6.07. The van der Waals surface area contributed by atoms with Crippen LogP contribution in [0.15, 0.2) is 54.6 Å². The highest BCUT2D eigenvalue weighted by Crippen LogP contribution is 2.34. The van der Waals surface area contributed by atoms with E-state index < -0.39 is 11.5 Å². The van der Waals surface area contributed by atoms with Gasteiger partial charge in [-0.25, -0.2) is 0 Å². The second kappa shape index (κ2) is 8.03. The van der Waals surface area contributed by atoms with Gasteiger partial charge in [0, 0.05) is 32.8 Å². The van der Waals surface area contributed by atoms with Crippen molar-refractivity contribution in [3.8, 4) is 0 Å². The molecule has 0 spiro atoms. The summed E-state index contributed by atoms with van der Waals surface area (Å²) in [6.45, 7) is 0.626. The topological polar surface area (TPSA) is 44.8 Å². The minimum atomic E-state index is -0.742. The Bertz CT molecular complexity index is 525. The molecule has 0 N–H and O–H groups in total. The zero-order valence-corrected chi connectivity index (χ0v) is 13.0. The van der Waals surface area contributed by atoms with Crippen molar-refractivity contribution in [3.05, 3.63) is 60.2 Å². The summed E-state index contributed by atoms with van der Waals surface area (Å²) >= 11 is 0. The van der Waals surface area contributed by atoms with Gasteiger partial charge in [0.15, 0.2) is 5.78 Å². The maximum absolute atomic E-state index is 12.9. The molecule has 0 bridgehead atoms. The van der Waals surface area contributed by atoms with Crippen LogP contribution >= 0.6 is 0 Å². The summed E-state index contributed by atoms with van der Waals surface area (Å²) in [6.07, 6.45) is 8.18. The Morgan fingerprint density at radius 3 is 2.59 bits per heavy atom. The van der Waals surface area contributed by atoms with Crippen LogP contribution in [0.5, 0.6) is 0 Å². The second-order valence-corrected chi connectivity index (χ2v) is 5.20. The van der Waals surface area contributed by atoms with Gasteiger partial charge in [-0.1, -0.05) is 54.6 Å². The Balaban J connectivity index is 2.29. The van der Waals surface area contributed by atoms with E-state index in [1.165, 1.54) is 0 Å². The third kappa shape index (κ3) is 3.71. The smallest absolute Gasteiger partial charge is 0.172 e. The Morgan fingerprint density at radius 2 is 1.91 bits per heavy atom. The van der Waals surface area contributed by atoms with Crippen LogP contribution in [0.2, 0.25) is 0 Å². The minimum Gasteiger partial charge on any atom is -0.385 e. The molecule has 0 heterocycles. The van der Waals surface area contributed by atoms with Gasteiger partial charge in [-0.2, -0.15) is 0 Å². The van der Waals surface area contributed by atoms with Crippen molar-refractivity contribution in [3.63, 3.8) is 0 Å². The monoisotopic (exact) mass is 302 g/mol. The van der Waals surface area contributed by atoms with Crippen LogP contribution in [0.25, 0.3) is 0 Å². The fraction of sp³-hybridized carbons (Fsp3) is 0.389. The highest BCUT2D eigenvalue weighted by Gasteiger charge is 2.41. The molecule has 4 nitrogen and oxygen atoms in total. The number of hydrogen-bond donors (Lipinski definition) is 0. The van der Waals surface area contributed by atoms with Crippen LogP contribution in [0.1, 0.15) is 16.8 Å². The van der Waals surface area contributed by atoms with Crippen LogP contribution in [0, 0.1) is 5.92 Å².